The molecular weight excluding hydrogens is 254 g/mol. The summed E-state index contributed by atoms with van der Waals surface area (Å²) in [4.78, 5) is 24.3. The Kier molecular flexibility index (Phi) is 4.74. The van der Waals surface area contributed by atoms with Crippen molar-refractivity contribution in [1.29, 1.82) is 0 Å². The largest absolute Gasteiger partial charge is 0.370 e. The van der Waals surface area contributed by atoms with Crippen molar-refractivity contribution in [3.05, 3.63) is 29.8 Å². The van der Waals surface area contributed by atoms with Gasteiger partial charge in [-0.3, -0.25) is 9.59 Å². The summed E-state index contributed by atoms with van der Waals surface area (Å²) in [7, 11) is 1.81. The first-order valence-electron chi connectivity index (χ1n) is 6.96. The van der Waals surface area contributed by atoms with Crippen molar-refractivity contribution in [3.63, 3.8) is 0 Å². The molecule has 1 aromatic carbocycles. The zero-order valence-electron chi connectivity index (χ0n) is 11.8. The van der Waals surface area contributed by atoms with Crippen LogP contribution in [0.4, 0.5) is 5.69 Å². The lowest BCUT2D eigenvalue weighted by atomic mass is 9.96. The summed E-state index contributed by atoms with van der Waals surface area (Å²) in [6.07, 6.45) is 2.56. The number of carbonyl (C=O) groups is 2. The molecule has 3 N–H and O–H groups in total. The molecule has 0 fully saturated rings. The summed E-state index contributed by atoms with van der Waals surface area (Å²) < 4.78 is 0. The molecule has 0 bridgehead atoms. The molecule has 1 aliphatic rings. The Morgan fingerprint density at radius 2 is 2.15 bits per heavy atom. The van der Waals surface area contributed by atoms with Crippen LogP contribution < -0.4 is 16.0 Å². The zero-order chi connectivity index (χ0) is 14.5. The molecule has 2 amide bonds. The van der Waals surface area contributed by atoms with Crippen molar-refractivity contribution in [2.24, 2.45) is 5.73 Å². The van der Waals surface area contributed by atoms with Crippen molar-refractivity contribution in [2.75, 3.05) is 18.5 Å². The summed E-state index contributed by atoms with van der Waals surface area (Å²) in [6, 6.07) is 8.01. The van der Waals surface area contributed by atoms with Gasteiger partial charge >= 0.3 is 0 Å². The van der Waals surface area contributed by atoms with Gasteiger partial charge in [-0.15, -0.1) is 0 Å². The Morgan fingerprint density at radius 3 is 2.90 bits per heavy atom. The van der Waals surface area contributed by atoms with Crippen LogP contribution in [0.1, 0.15) is 37.3 Å². The molecule has 108 valence electrons. The molecule has 0 saturated heterocycles. The van der Waals surface area contributed by atoms with E-state index in [-0.39, 0.29) is 17.9 Å². The van der Waals surface area contributed by atoms with Crippen molar-refractivity contribution >= 4 is 17.5 Å². The number of benzene rings is 1. The number of unbranched alkanes of at least 4 members (excludes halogenated alkanes) is 1. The van der Waals surface area contributed by atoms with E-state index >= 15 is 0 Å². The number of nitrogens with zero attached hydrogens (tertiary/aromatic N) is 1. The van der Waals surface area contributed by atoms with Crippen LogP contribution in [0.2, 0.25) is 0 Å². The molecule has 1 atom stereocenters. The standard InChI is InChI=1S/C15H21N3O2/c1-18-13-7-3-2-6-11(13)12(10-15(18)20)17-9-5-4-8-14(16)19/h2-3,6-7,12,17H,4-5,8-10H2,1H3,(H2,16,19). The normalized spacial score (nSPS) is 17.9. The van der Waals surface area contributed by atoms with Gasteiger partial charge in [0.25, 0.3) is 0 Å². The number of para-hydroxylation sites is 1. The van der Waals surface area contributed by atoms with Crippen LogP contribution in [0.5, 0.6) is 0 Å². The van der Waals surface area contributed by atoms with Crippen molar-refractivity contribution in [1.82, 2.24) is 5.32 Å². The summed E-state index contributed by atoms with van der Waals surface area (Å²) >= 11 is 0. The lowest BCUT2D eigenvalue weighted by Gasteiger charge is -2.32. The predicted octanol–water partition coefficient (Wildman–Crippen LogP) is 1.34. The first-order valence-corrected chi connectivity index (χ1v) is 6.96. The van der Waals surface area contributed by atoms with Gasteiger partial charge in [0.15, 0.2) is 0 Å². The van der Waals surface area contributed by atoms with E-state index in [1.165, 1.54) is 0 Å². The monoisotopic (exact) mass is 275 g/mol. The third-order valence-electron chi connectivity index (χ3n) is 3.67. The van der Waals surface area contributed by atoms with E-state index in [4.69, 9.17) is 5.73 Å². The molecule has 5 nitrogen and oxygen atoms in total. The van der Waals surface area contributed by atoms with E-state index in [1.54, 1.807) is 4.90 Å². The third kappa shape index (κ3) is 3.36. The summed E-state index contributed by atoms with van der Waals surface area (Å²) in [6.45, 7) is 0.781. The van der Waals surface area contributed by atoms with Gasteiger partial charge in [0.05, 0.1) is 0 Å². The highest BCUT2D eigenvalue weighted by molar-refractivity contribution is 5.96. The van der Waals surface area contributed by atoms with Crippen molar-refractivity contribution < 1.29 is 9.59 Å². The van der Waals surface area contributed by atoms with E-state index < -0.39 is 0 Å². The first kappa shape index (κ1) is 14.5. The topological polar surface area (TPSA) is 75.4 Å². The maximum atomic E-state index is 12.0. The van der Waals surface area contributed by atoms with Gasteiger partial charge < -0.3 is 16.0 Å². The number of nitrogens with two attached hydrogens (primary N) is 1. The van der Waals surface area contributed by atoms with Crippen LogP contribution in [0.3, 0.4) is 0 Å². The second-order valence-corrected chi connectivity index (χ2v) is 5.15. The van der Waals surface area contributed by atoms with Gasteiger partial charge in [0, 0.05) is 31.6 Å². The fraction of sp³-hybridized carbons (Fsp3) is 0.467. The van der Waals surface area contributed by atoms with Gasteiger partial charge in [-0.1, -0.05) is 18.2 Å². The molecule has 5 heteroatoms. The minimum atomic E-state index is -0.259. The highest BCUT2D eigenvalue weighted by Gasteiger charge is 2.28. The number of anilines is 1. The van der Waals surface area contributed by atoms with Crippen molar-refractivity contribution in [2.45, 2.75) is 31.7 Å². The molecule has 1 heterocycles. The fourth-order valence-corrected chi connectivity index (χ4v) is 2.53. The van der Waals surface area contributed by atoms with E-state index in [0.717, 1.165) is 30.6 Å². The molecule has 1 aromatic rings. The van der Waals surface area contributed by atoms with Gasteiger partial charge in [-0.25, -0.2) is 0 Å². The third-order valence-corrected chi connectivity index (χ3v) is 3.67. The fourth-order valence-electron chi connectivity index (χ4n) is 2.53. The van der Waals surface area contributed by atoms with Crippen LogP contribution in [-0.4, -0.2) is 25.4 Å². The quantitative estimate of drug-likeness (QED) is 0.769. The van der Waals surface area contributed by atoms with Crippen LogP contribution in [0.25, 0.3) is 0 Å². The highest BCUT2D eigenvalue weighted by Crippen LogP contribution is 2.33. The number of rotatable bonds is 6. The van der Waals surface area contributed by atoms with Crippen LogP contribution in [0.15, 0.2) is 24.3 Å². The lowest BCUT2D eigenvalue weighted by Crippen LogP contribution is -2.38. The minimum absolute atomic E-state index is 0.0588. The molecular formula is C15H21N3O2. The van der Waals surface area contributed by atoms with Crippen molar-refractivity contribution in [3.8, 4) is 0 Å². The molecule has 0 aliphatic carbocycles. The second-order valence-electron chi connectivity index (χ2n) is 5.15. The number of amides is 2. The number of hydrogen-bond donors (Lipinski definition) is 2. The molecule has 1 aliphatic heterocycles. The first-order chi connectivity index (χ1) is 9.59. The van der Waals surface area contributed by atoms with Crippen LogP contribution in [0, 0.1) is 0 Å². The maximum absolute atomic E-state index is 12.0. The average molecular weight is 275 g/mol. The Hall–Kier alpha value is -1.88. The Balaban J connectivity index is 1.94. The number of carbonyl (C=O) groups excluding carboxylic acids is 2. The van der Waals surface area contributed by atoms with Gasteiger partial charge in [0.1, 0.15) is 0 Å². The van der Waals surface area contributed by atoms with Crippen LogP contribution in [-0.2, 0) is 9.59 Å². The lowest BCUT2D eigenvalue weighted by molar-refractivity contribution is -0.119. The smallest absolute Gasteiger partial charge is 0.228 e. The summed E-state index contributed by atoms with van der Waals surface area (Å²) in [5.41, 5.74) is 7.23. The van der Waals surface area contributed by atoms with Gasteiger partial charge in [-0.2, -0.15) is 0 Å². The molecule has 0 spiro atoms. The van der Waals surface area contributed by atoms with Gasteiger partial charge in [-0.05, 0) is 31.0 Å². The van der Waals surface area contributed by atoms with E-state index in [1.807, 2.05) is 25.2 Å². The molecule has 20 heavy (non-hydrogen) atoms. The number of primary amides is 1. The molecule has 0 saturated carbocycles. The molecule has 2 rings (SSSR count). The minimum Gasteiger partial charge on any atom is -0.370 e. The summed E-state index contributed by atoms with van der Waals surface area (Å²) in [5, 5.41) is 3.40. The van der Waals surface area contributed by atoms with E-state index in [9.17, 15) is 9.59 Å². The average Bonchev–Trinajstić information content (AvgIpc) is 2.43. The molecule has 0 aromatic heterocycles. The van der Waals surface area contributed by atoms with Gasteiger partial charge in [0.2, 0.25) is 11.8 Å². The zero-order valence-corrected chi connectivity index (χ0v) is 11.8. The Labute approximate surface area is 119 Å². The second kappa shape index (κ2) is 6.52. The maximum Gasteiger partial charge on any atom is 0.228 e. The van der Waals surface area contributed by atoms with E-state index in [0.29, 0.717) is 12.8 Å². The Bertz CT molecular complexity index is 502. The van der Waals surface area contributed by atoms with Crippen LogP contribution >= 0.6 is 0 Å². The summed E-state index contributed by atoms with van der Waals surface area (Å²) in [5.74, 6) is -0.136. The SMILES string of the molecule is CN1C(=O)CC(NCCCCC(N)=O)c2ccccc21. The highest BCUT2D eigenvalue weighted by atomic mass is 16.2. The number of fused-ring (bicyclic) bond motifs is 1. The van der Waals surface area contributed by atoms with E-state index in [2.05, 4.69) is 11.4 Å². The predicted molar refractivity (Wildman–Crippen MR) is 78.3 cm³/mol. The number of nitrogens with one attached hydrogen (secondary N) is 1. The Morgan fingerprint density at radius 1 is 1.40 bits per heavy atom. The molecule has 0 radical (unpaired) electrons. The number of hydrogen-bond acceptors (Lipinski definition) is 3. The molecule has 1 unspecified atom stereocenters.